The monoisotopic (exact) mass is 653 g/mol. The minimum Gasteiger partial charge on any atom is -0.497 e. The summed E-state index contributed by atoms with van der Waals surface area (Å²) in [6.45, 7) is 1.85. The number of amides is 2. The molecule has 0 bridgehead atoms. The highest BCUT2D eigenvalue weighted by Crippen LogP contribution is 2.34. The van der Waals surface area contributed by atoms with Crippen molar-refractivity contribution < 1.29 is 36.6 Å². The van der Waals surface area contributed by atoms with E-state index in [1.54, 1.807) is 31.4 Å². The van der Waals surface area contributed by atoms with E-state index in [2.05, 4.69) is 5.32 Å². The summed E-state index contributed by atoms with van der Waals surface area (Å²) in [5, 5.41) is 3.13. The number of sulfonamides is 1. The van der Waals surface area contributed by atoms with Gasteiger partial charge in [0.1, 0.15) is 37.4 Å². The third-order valence-corrected chi connectivity index (χ3v) is 10.1. The molecule has 0 radical (unpaired) electrons. The van der Waals surface area contributed by atoms with Gasteiger partial charge in [0.25, 0.3) is 10.0 Å². The number of benzene rings is 3. The van der Waals surface area contributed by atoms with E-state index >= 15 is 0 Å². The van der Waals surface area contributed by atoms with E-state index in [0.717, 1.165) is 54.1 Å². The summed E-state index contributed by atoms with van der Waals surface area (Å²) in [6.07, 6.45) is 5.25. The fourth-order valence-corrected chi connectivity index (χ4v) is 7.27. The number of hydrogen-bond donors (Lipinski definition) is 1. The van der Waals surface area contributed by atoms with Crippen LogP contribution < -0.4 is 23.8 Å². The van der Waals surface area contributed by atoms with Crippen molar-refractivity contribution in [2.45, 2.75) is 69.0 Å². The number of carbonyl (C=O) groups is 2. The lowest BCUT2D eigenvalue weighted by Gasteiger charge is -2.34. The number of anilines is 1. The number of rotatable bonds is 12. The van der Waals surface area contributed by atoms with Crippen LogP contribution in [0.4, 0.5) is 10.1 Å². The fraction of sp³-hybridized carbons (Fsp3) is 0.412. The largest absolute Gasteiger partial charge is 0.497 e. The molecule has 0 saturated heterocycles. The molecule has 1 heterocycles. The van der Waals surface area contributed by atoms with Gasteiger partial charge >= 0.3 is 0 Å². The van der Waals surface area contributed by atoms with Crippen molar-refractivity contribution >= 4 is 27.5 Å². The lowest BCUT2D eigenvalue weighted by atomic mass is 9.95. The molecule has 12 heteroatoms. The van der Waals surface area contributed by atoms with Crippen LogP contribution in [0, 0.1) is 5.82 Å². The van der Waals surface area contributed by atoms with Crippen molar-refractivity contribution in [1.82, 2.24) is 10.2 Å². The third kappa shape index (κ3) is 7.72. The number of carbonyl (C=O) groups excluding carboxylic acids is 2. The fourth-order valence-electron chi connectivity index (χ4n) is 5.84. The molecule has 0 spiro atoms. The molecule has 5 rings (SSSR count). The van der Waals surface area contributed by atoms with Gasteiger partial charge in [-0.25, -0.2) is 12.8 Å². The standard InChI is InChI=1S/C34H40FN3O7S/c1-3-30(34(40)36-26-7-5-4-6-8-26)37(22-24-9-15-28(43-2)16-10-24)33(39)23-38(27-13-11-25(35)12-14-27)46(41,42)29-17-18-31-32(21-29)45-20-19-44-31/h9-18,21,26,30H,3-8,19-20,22-23H2,1-2H3,(H,36,40)/t30-/m1/s1. The second kappa shape index (κ2) is 14.8. The first-order valence-corrected chi connectivity index (χ1v) is 17.0. The predicted molar refractivity (Wildman–Crippen MR) is 171 cm³/mol. The average Bonchev–Trinajstić information content (AvgIpc) is 3.08. The van der Waals surface area contributed by atoms with Gasteiger partial charge in [0.2, 0.25) is 11.8 Å². The highest BCUT2D eigenvalue weighted by Gasteiger charge is 2.35. The van der Waals surface area contributed by atoms with Gasteiger partial charge < -0.3 is 24.4 Å². The summed E-state index contributed by atoms with van der Waals surface area (Å²) in [5.41, 5.74) is 0.829. The maximum Gasteiger partial charge on any atom is 0.264 e. The van der Waals surface area contributed by atoms with E-state index < -0.39 is 34.3 Å². The molecule has 10 nitrogen and oxygen atoms in total. The number of nitrogens with one attached hydrogen (secondary N) is 1. The van der Waals surface area contributed by atoms with E-state index in [-0.39, 0.29) is 41.4 Å². The van der Waals surface area contributed by atoms with Gasteiger partial charge in [-0.15, -0.1) is 0 Å². The molecular formula is C34H40FN3O7S. The van der Waals surface area contributed by atoms with Crippen LogP contribution in [0.25, 0.3) is 0 Å². The Hall–Kier alpha value is -4.32. The van der Waals surface area contributed by atoms with Crippen molar-refractivity contribution in [3.63, 3.8) is 0 Å². The van der Waals surface area contributed by atoms with Crippen molar-refractivity contribution in [1.29, 1.82) is 0 Å². The molecule has 2 amide bonds. The molecule has 1 fully saturated rings. The van der Waals surface area contributed by atoms with Crippen LogP contribution in [0.1, 0.15) is 51.0 Å². The van der Waals surface area contributed by atoms with Gasteiger partial charge in [-0.05, 0) is 73.4 Å². The number of ether oxygens (including phenoxy) is 3. The molecular weight excluding hydrogens is 613 g/mol. The first-order valence-electron chi connectivity index (χ1n) is 15.6. The lowest BCUT2D eigenvalue weighted by Crippen LogP contribution is -2.54. The molecule has 2 aliphatic rings. The molecule has 3 aromatic rings. The Morgan fingerprint density at radius 1 is 0.957 bits per heavy atom. The topological polar surface area (TPSA) is 114 Å². The molecule has 0 unspecified atom stereocenters. The number of fused-ring (bicyclic) bond motifs is 1. The Kier molecular flexibility index (Phi) is 10.7. The average molecular weight is 654 g/mol. The third-order valence-electron chi connectivity index (χ3n) is 8.34. The first-order chi connectivity index (χ1) is 22.2. The SMILES string of the molecule is CC[C@H](C(=O)NC1CCCCC1)N(Cc1ccc(OC)cc1)C(=O)CN(c1ccc(F)cc1)S(=O)(=O)c1ccc2c(c1)OCCO2. The quantitative estimate of drug-likeness (QED) is 0.291. The van der Waals surface area contributed by atoms with Crippen LogP contribution in [-0.2, 0) is 26.2 Å². The van der Waals surface area contributed by atoms with Crippen LogP contribution in [0.3, 0.4) is 0 Å². The maximum absolute atomic E-state index is 14.3. The van der Waals surface area contributed by atoms with Gasteiger partial charge in [0, 0.05) is 18.7 Å². The summed E-state index contributed by atoms with van der Waals surface area (Å²) in [6, 6.07) is 15.4. The van der Waals surface area contributed by atoms with Gasteiger partial charge in [0.15, 0.2) is 11.5 Å². The molecule has 1 aliphatic carbocycles. The highest BCUT2D eigenvalue weighted by atomic mass is 32.2. The van der Waals surface area contributed by atoms with E-state index in [1.165, 1.54) is 35.2 Å². The molecule has 46 heavy (non-hydrogen) atoms. The number of halogens is 1. The molecule has 3 aromatic carbocycles. The molecule has 1 atom stereocenters. The van der Waals surface area contributed by atoms with Crippen molar-refractivity contribution in [3.8, 4) is 17.2 Å². The Balaban J connectivity index is 1.49. The number of hydrogen-bond acceptors (Lipinski definition) is 7. The molecule has 1 aliphatic heterocycles. The zero-order valence-corrected chi connectivity index (χ0v) is 26.9. The van der Waals surface area contributed by atoms with Crippen molar-refractivity contribution in [3.05, 3.63) is 78.1 Å². The van der Waals surface area contributed by atoms with Gasteiger partial charge in [-0.3, -0.25) is 13.9 Å². The zero-order valence-electron chi connectivity index (χ0n) is 26.1. The Labute approximate surface area is 269 Å². The number of nitrogens with zero attached hydrogens (tertiary/aromatic N) is 2. The predicted octanol–water partition coefficient (Wildman–Crippen LogP) is 5.06. The summed E-state index contributed by atoms with van der Waals surface area (Å²) < 4.78 is 59.7. The number of methoxy groups -OCH3 is 1. The van der Waals surface area contributed by atoms with Gasteiger partial charge in [-0.1, -0.05) is 38.3 Å². The van der Waals surface area contributed by atoms with Crippen LogP contribution >= 0.6 is 0 Å². The zero-order chi connectivity index (χ0) is 32.7. The van der Waals surface area contributed by atoms with Crippen LogP contribution in [-0.4, -0.2) is 64.1 Å². The maximum atomic E-state index is 14.3. The highest BCUT2D eigenvalue weighted by molar-refractivity contribution is 7.92. The Bertz CT molecular complexity index is 1610. The van der Waals surface area contributed by atoms with Crippen LogP contribution in [0.15, 0.2) is 71.6 Å². The summed E-state index contributed by atoms with van der Waals surface area (Å²) in [5.74, 6) is -0.111. The normalized spacial score (nSPS) is 15.5. The smallest absolute Gasteiger partial charge is 0.264 e. The van der Waals surface area contributed by atoms with Gasteiger partial charge in [-0.2, -0.15) is 0 Å². The van der Waals surface area contributed by atoms with E-state index in [9.17, 15) is 22.4 Å². The van der Waals surface area contributed by atoms with Crippen LogP contribution in [0.5, 0.6) is 17.2 Å². The first kappa shape index (κ1) is 33.1. The Morgan fingerprint density at radius 2 is 1.63 bits per heavy atom. The second-order valence-electron chi connectivity index (χ2n) is 11.4. The minimum absolute atomic E-state index is 0.0273. The summed E-state index contributed by atoms with van der Waals surface area (Å²) in [4.78, 5) is 29.3. The molecule has 246 valence electrons. The summed E-state index contributed by atoms with van der Waals surface area (Å²) >= 11 is 0. The molecule has 1 saturated carbocycles. The van der Waals surface area contributed by atoms with E-state index in [4.69, 9.17) is 14.2 Å². The Morgan fingerprint density at radius 3 is 2.28 bits per heavy atom. The lowest BCUT2D eigenvalue weighted by molar-refractivity contribution is -0.140. The van der Waals surface area contributed by atoms with E-state index in [0.29, 0.717) is 24.5 Å². The second-order valence-corrected chi connectivity index (χ2v) is 13.3. The van der Waals surface area contributed by atoms with Crippen LogP contribution in [0.2, 0.25) is 0 Å². The molecule has 1 N–H and O–H groups in total. The van der Waals surface area contributed by atoms with E-state index in [1.807, 2.05) is 6.92 Å². The van der Waals surface area contributed by atoms with Crippen molar-refractivity contribution in [2.24, 2.45) is 0 Å². The minimum atomic E-state index is -4.38. The molecule has 0 aromatic heterocycles. The van der Waals surface area contributed by atoms with Crippen molar-refractivity contribution in [2.75, 3.05) is 31.2 Å². The summed E-state index contributed by atoms with van der Waals surface area (Å²) in [7, 11) is -2.82. The van der Waals surface area contributed by atoms with Gasteiger partial charge in [0.05, 0.1) is 17.7 Å².